The molecule has 1 aliphatic heterocycles. The molecule has 2 aromatic rings. The summed E-state index contributed by atoms with van der Waals surface area (Å²) in [7, 11) is 0. The Morgan fingerprint density at radius 3 is 2.81 bits per heavy atom. The zero-order valence-electron chi connectivity index (χ0n) is 18.8. The summed E-state index contributed by atoms with van der Waals surface area (Å²) in [6.07, 6.45) is 3.32. The van der Waals surface area contributed by atoms with Crippen LogP contribution in [-0.2, 0) is 11.2 Å². The lowest BCUT2D eigenvalue weighted by Gasteiger charge is -2.37. The van der Waals surface area contributed by atoms with Gasteiger partial charge in [-0.05, 0) is 62.4 Å². The van der Waals surface area contributed by atoms with E-state index in [0.29, 0.717) is 19.7 Å². The fourth-order valence-electron chi connectivity index (χ4n) is 4.01. The minimum atomic E-state index is -1.02. The molecule has 0 saturated carbocycles. The van der Waals surface area contributed by atoms with Gasteiger partial charge in [-0.3, -0.25) is 9.69 Å². The summed E-state index contributed by atoms with van der Waals surface area (Å²) in [5.41, 5.74) is 1.36. The Bertz CT molecular complexity index is 875. The number of carbonyl (C=O) groups is 1. The molecule has 0 radical (unpaired) electrons. The lowest BCUT2D eigenvalue weighted by molar-refractivity contribution is -0.136. The number of fused-ring (bicyclic) bond motifs is 1. The van der Waals surface area contributed by atoms with Gasteiger partial charge in [-0.15, -0.1) is 17.9 Å². The molecule has 31 heavy (non-hydrogen) atoms. The highest BCUT2D eigenvalue weighted by Crippen LogP contribution is 2.34. The molecule has 3 rings (SSSR count). The maximum atomic E-state index is 13.4. The first-order valence-electron chi connectivity index (χ1n) is 11.0. The van der Waals surface area contributed by atoms with Gasteiger partial charge < -0.3 is 14.7 Å². The average molecular weight is 443 g/mol. The maximum absolute atomic E-state index is 13.4. The Morgan fingerprint density at radius 2 is 2.13 bits per heavy atom. The second kappa shape index (κ2) is 10.4. The molecule has 5 nitrogen and oxygen atoms in total. The van der Waals surface area contributed by atoms with Gasteiger partial charge in [-0.1, -0.05) is 30.7 Å². The van der Waals surface area contributed by atoms with Gasteiger partial charge in [0.1, 0.15) is 12.4 Å². The Morgan fingerprint density at radius 1 is 1.39 bits per heavy atom. The Kier molecular flexibility index (Phi) is 7.92. The van der Waals surface area contributed by atoms with Gasteiger partial charge in [0, 0.05) is 18.0 Å². The number of hydrogen-bond acceptors (Lipinski definition) is 5. The van der Waals surface area contributed by atoms with Crippen molar-refractivity contribution in [1.82, 2.24) is 9.80 Å². The number of aryl methyl sites for hydroxylation is 1. The number of thiophene rings is 1. The fourth-order valence-corrected chi connectivity index (χ4v) is 4.94. The van der Waals surface area contributed by atoms with Crippen molar-refractivity contribution in [1.29, 1.82) is 0 Å². The molecular weight excluding hydrogens is 408 g/mol. The van der Waals surface area contributed by atoms with Crippen molar-refractivity contribution in [2.24, 2.45) is 0 Å². The van der Waals surface area contributed by atoms with Gasteiger partial charge in [0.05, 0.1) is 18.2 Å². The number of ether oxygens (including phenoxy) is 1. The summed E-state index contributed by atoms with van der Waals surface area (Å²) < 4.78 is 6.10. The van der Waals surface area contributed by atoms with Crippen LogP contribution >= 0.6 is 11.3 Å². The molecule has 0 fully saturated rings. The molecular formula is C25H34N2O3S. The van der Waals surface area contributed by atoms with Crippen molar-refractivity contribution in [3.05, 3.63) is 64.4 Å². The van der Waals surface area contributed by atoms with E-state index in [1.54, 1.807) is 18.3 Å². The van der Waals surface area contributed by atoms with E-state index in [0.717, 1.165) is 25.1 Å². The van der Waals surface area contributed by atoms with Crippen LogP contribution in [0.3, 0.4) is 0 Å². The first-order valence-corrected chi connectivity index (χ1v) is 11.8. The largest absolute Gasteiger partial charge is 0.491 e. The zero-order chi connectivity index (χ0) is 22.4. The van der Waals surface area contributed by atoms with Crippen molar-refractivity contribution in [2.45, 2.75) is 45.3 Å². The van der Waals surface area contributed by atoms with Crippen LogP contribution in [0.25, 0.3) is 0 Å². The van der Waals surface area contributed by atoms with Crippen molar-refractivity contribution >= 4 is 17.2 Å². The zero-order valence-corrected chi connectivity index (χ0v) is 19.7. The topological polar surface area (TPSA) is 53.0 Å². The van der Waals surface area contributed by atoms with E-state index in [4.69, 9.17) is 4.74 Å². The van der Waals surface area contributed by atoms with Crippen molar-refractivity contribution in [2.75, 3.05) is 32.8 Å². The molecule has 0 saturated heterocycles. The Labute approximate surface area is 189 Å². The van der Waals surface area contributed by atoms with E-state index in [2.05, 4.69) is 31.9 Å². The van der Waals surface area contributed by atoms with Crippen LogP contribution in [0, 0.1) is 6.92 Å². The highest BCUT2D eigenvalue weighted by molar-refractivity contribution is 7.10. The molecule has 0 aliphatic carbocycles. The Hall–Kier alpha value is -2.15. The molecule has 1 amide bonds. The third-order valence-corrected chi connectivity index (χ3v) is 6.72. The maximum Gasteiger partial charge on any atom is 0.237 e. The molecule has 1 aliphatic rings. The van der Waals surface area contributed by atoms with E-state index < -0.39 is 5.60 Å². The molecule has 0 spiro atoms. The first-order chi connectivity index (χ1) is 14.8. The number of carbonyl (C=O) groups excluding carboxylic acids is 1. The molecule has 2 heterocycles. The lowest BCUT2D eigenvalue weighted by atomic mass is 10.00. The molecule has 0 bridgehead atoms. The molecule has 1 N–H and O–H groups in total. The summed E-state index contributed by atoms with van der Waals surface area (Å²) in [5.74, 6) is 0.887. The molecule has 0 unspecified atom stereocenters. The van der Waals surface area contributed by atoms with E-state index in [-0.39, 0.29) is 18.5 Å². The number of hydrogen-bond donors (Lipinski definition) is 1. The van der Waals surface area contributed by atoms with Crippen LogP contribution in [0.4, 0.5) is 0 Å². The van der Waals surface area contributed by atoms with Gasteiger partial charge in [0.2, 0.25) is 5.91 Å². The second-order valence-electron chi connectivity index (χ2n) is 8.55. The van der Waals surface area contributed by atoms with E-state index in [9.17, 15) is 9.90 Å². The third kappa shape index (κ3) is 6.19. The van der Waals surface area contributed by atoms with Crippen molar-refractivity contribution < 1.29 is 14.6 Å². The predicted octanol–water partition coefficient (Wildman–Crippen LogP) is 4.21. The van der Waals surface area contributed by atoms with Gasteiger partial charge in [0.15, 0.2) is 0 Å². The lowest BCUT2D eigenvalue weighted by Crippen LogP contribution is -2.49. The second-order valence-corrected chi connectivity index (χ2v) is 9.55. The standard InChI is InChI=1S/C25H34N2O3S/c1-5-13-26(18-25(4,29)6-2)16-24(28)27-14-11-23-21(12-15-31-23)22(27)17-30-20-9-7-19(3)8-10-20/h6-10,12,15,22,29H,2,5,11,13-14,16-18H2,1,3-4H3/t22-,25-/m1/s1. The van der Waals surface area contributed by atoms with Crippen LogP contribution in [0.1, 0.15) is 42.3 Å². The molecule has 168 valence electrons. The average Bonchev–Trinajstić information content (AvgIpc) is 3.22. The number of nitrogens with zero attached hydrogens (tertiary/aromatic N) is 2. The number of aliphatic hydroxyl groups is 1. The van der Waals surface area contributed by atoms with E-state index in [1.165, 1.54) is 22.1 Å². The summed E-state index contributed by atoms with van der Waals surface area (Å²) in [6, 6.07) is 10.0. The third-order valence-electron chi connectivity index (χ3n) is 5.73. The van der Waals surface area contributed by atoms with Crippen molar-refractivity contribution in [3.8, 4) is 5.75 Å². The SMILES string of the molecule is C=C[C@@](C)(O)CN(CCC)CC(=O)N1CCc2sccc2[C@H]1COc1ccc(C)cc1. The summed E-state index contributed by atoms with van der Waals surface area (Å²) >= 11 is 1.75. The van der Waals surface area contributed by atoms with Crippen molar-refractivity contribution in [3.63, 3.8) is 0 Å². The van der Waals surface area contributed by atoms with E-state index >= 15 is 0 Å². The smallest absolute Gasteiger partial charge is 0.237 e. The van der Waals surface area contributed by atoms with Gasteiger partial charge in [-0.2, -0.15) is 0 Å². The number of benzene rings is 1. The fraction of sp³-hybridized carbons (Fsp3) is 0.480. The summed E-state index contributed by atoms with van der Waals surface area (Å²) in [5, 5.41) is 12.5. The molecule has 2 atom stereocenters. The molecule has 6 heteroatoms. The molecule has 1 aromatic heterocycles. The summed E-state index contributed by atoms with van der Waals surface area (Å²) in [4.78, 5) is 18.7. The monoisotopic (exact) mass is 442 g/mol. The van der Waals surface area contributed by atoms with Crippen LogP contribution in [0.5, 0.6) is 5.75 Å². The van der Waals surface area contributed by atoms with Crippen LogP contribution in [0.2, 0.25) is 0 Å². The van der Waals surface area contributed by atoms with Crippen LogP contribution in [0.15, 0.2) is 48.4 Å². The minimum Gasteiger partial charge on any atom is -0.491 e. The minimum absolute atomic E-state index is 0.0719. The summed E-state index contributed by atoms with van der Waals surface area (Å²) in [6.45, 7) is 12.1. The highest BCUT2D eigenvalue weighted by atomic mass is 32.1. The van der Waals surface area contributed by atoms with Gasteiger partial charge in [0.25, 0.3) is 0 Å². The number of rotatable bonds is 10. The van der Waals surface area contributed by atoms with Crippen LogP contribution < -0.4 is 4.74 Å². The highest BCUT2D eigenvalue weighted by Gasteiger charge is 2.33. The molecule has 1 aromatic carbocycles. The normalized spacial score (nSPS) is 17.8. The van der Waals surface area contributed by atoms with Crippen LogP contribution in [-0.4, -0.2) is 59.2 Å². The number of amides is 1. The first kappa shape index (κ1) is 23.5. The quantitative estimate of drug-likeness (QED) is 0.560. The van der Waals surface area contributed by atoms with Gasteiger partial charge in [-0.25, -0.2) is 0 Å². The van der Waals surface area contributed by atoms with Gasteiger partial charge >= 0.3 is 0 Å². The Balaban J connectivity index is 1.74. The van der Waals surface area contributed by atoms with E-state index in [1.807, 2.05) is 34.1 Å². The predicted molar refractivity (Wildman–Crippen MR) is 127 cm³/mol.